The number of nitrogens with zero attached hydrogens (tertiary/aromatic N) is 3. The Hall–Kier alpha value is -1.73. The molecule has 0 spiro atoms. The number of sulfonamides is 1. The highest BCUT2D eigenvalue weighted by atomic mass is 32.2. The van der Waals surface area contributed by atoms with Gasteiger partial charge in [-0.1, -0.05) is 6.07 Å². The zero-order valence-corrected chi connectivity index (χ0v) is 12.5. The van der Waals surface area contributed by atoms with Gasteiger partial charge in [-0.05, 0) is 36.8 Å². The van der Waals surface area contributed by atoms with Crippen LogP contribution in [0.25, 0.3) is 0 Å². The molecule has 112 valence electrons. The van der Waals surface area contributed by atoms with Gasteiger partial charge in [-0.25, -0.2) is 8.42 Å². The first kappa shape index (κ1) is 14.2. The standard InChI is InChI=1S/C14H18N4O2S/c19-21(20,14-9-16-17-10-14)18-6-2-4-13(11-18)7-12-3-1-5-15-8-12/h1,3,5,8-10,13H,2,4,6-7,11H2,(H,16,17)/t13-/m1/s1. The molecule has 2 aromatic heterocycles. The molecular formula is C14H18N4O2S. The predicted octanol–water partition coefficient (Wildman–Crippen LogP) is 1.45. The lowest BCUT2D eigenvalue weighted by Crippen LogP contribution is -2.40. The summed E-state index contributed by atoms with van der Waals surface area (Å²) in [5, 5.41) is 6.29. The minimum Gasteiger partial charge on any atom is -0.284 e. The lowest BCUT2D eigenvalue weighted by atomic mass is 9.93. The summed E-state index contributed by atoms with van der Waals surface area (Å²) in [5.74, 6) is 0.338. The summed E-state index contributed by atoms with van der Waals surface area (Å²) in [6.07, 6.45) is 9.20. The highest BCUT2D eigenvalue weighted by Gasteiger charge is 2.30. The van der Waals surface area contributed by atoms with E-state index in [4.69, 9.17) is 0 Å². The zero-order valence-electron chi connectivity index (χ0n) is 11.6. The molecule has 0 saturated carbocycles. The molecule has 1 N–H and O–H groups in total. The van der Waals surface area contributed by atoms with Gasteiger partial charge in [0.1, 0.15) is 4.90 Å². The fourth-order valence-corrected chi connectivity index (χ4v) is 4.26. The quantitative estimate of drug-likeness (QED) is 0.927. The van der Waals surface area contributed by atoms with Crippen LogP contribution in [0.1, 0.15) is 18.4 Å². The SMILES string of the molecule is O=S(=O)(c1cn[nH]c1)N1CCC[C@H](Cc2cccnc2)C1. The molecule has 1 fully saturated rings. The summed E-state index contributed by atoms with van der Waals surface area (Å²) >= 11 is 0. The highest BCUT2D eigenvalue weighted by molar-refractivity contribution is 7.89. The molecule has 0 amide bonds. The van der Waals surface area contributed by atoms with Crippen molar-refractivity contribution in [2.24, 2.45) is 5.92 Å². The van der Waals surface area contributed by atoms with Crippen LogP contribution >= 0.6 is 0 Å². The Morgan fingerprint density at radius 3 is 3.00 bits per heavy atom. The van der Waals surface area contributed by atoms with E-state index in [1.54, 1.807) is 10.5 Å². The molecule has 0 aliphatic carbocycles. The van der Waals surface area contributed by atoms with E-state index in [-0.39, 0.29) is 4.90 Å². The maximum Gasteiger partial charge on any atom is 0.246 e. The average molecular weight is 306 g/mol. The van der Waals surface area contributed by atoms with Gasteiger partial charge in [0.2, 0.25) is 10.0 Å². The molecule has 0 aromatic carbocycles. The Labute approximate surface area is 124 Å². The van der Waals surface area contributed by atoms with Gasteiger partial charge in [0.05, 0.1) is 6.20 Å². The number of piperidine rings is 1. The molecule has 0 bridgehead atoms. The molecule has 6 nitrogen and oxygen atoms in total. The molecule has 1 saturated heterocycles. The predicted molar refractivity (Wildman–Crippen MR) is 78.0 cm³/mol. The monoisotopic (exact) mass is 306 g/mol. The van der Waals surface area contributed by atoms with E-state index in [2.05, 4.69) is 15.2 Å². The van der Waals surface area contributed by atoms with E-state index in [0.29, 0.717) is 19.0 Å². The highest BCUT2D eigenvalue weighted by Crippen LogP contribution is 2.25. The number of rotatable bonds is 4. The van der Waals surface area contributed by atoms with Crippen LogP contribution in [-0.4, -0.2) is 41.0 Å². The van der Waals surface area contributed by atoms with Gasteiger partial charge in [0, 0.05) is 31.7 Å². The first-order valence-corrected chi connectivity index (χ1v) is 8.48. The van der Waals surface area contributed by atoms with Crippen molar-refractivity contribution in [2.45, 2.75) is 24.2 Å². The number of aromatic amines is 1. The van der Waals surface area contributed by atoms with Crippen molar-refractivity contribution in [1.82, 2.24) is 19.5 Å². The maximum atomic E-state index is 12.5. The molecule has 2 aromatic rings. The van der Waals surface area contributed by atoms with E-state index in [1.165, 1.54) is 12.4 Å². The topological polar surface area (TPSA) is 79.0 Å². The Morgan fingerprint density at radius 1 is 1.38 bits per heavy atom. The summed E-state index contributed by atoms with van der Waals surface area (Å²) < 4.78 is 26.6. The summed E-state index contributed by atoms with van der Waals surface area (Å²) in [6, 6.07) is 3.95. The van der Waals surface area contributed by atoms with Crippen LogP contribution in [0.5, 0.6) is 0 Å². The van der Waals surface area contributed by atoms with Gasteiger partial charge >= 0.3 is 0 Å². The van der Waals surface area contributed by atoms with Crippen LogP contribution in [0.4, 0.5) is 0 Å². The number of hydrogen-bond donors (Lipinski definition) is 1. The minimum absolute atomic E-state index is 0.240. The van der Waals surface area contributed by atoms with Gasteiger partial charge in [-0.2, -0.15) is 9.40 Å². The molecule has 1 aliphatic rings. The van der Waals surface area contributed by atoms with Crippen LogP contribution in [0.15, 0.2) is 41.8 Å². The molecule has 21 heavy (non-hydrogen) atoms. The first-order valence-electron chi connectivity index (χ1n) is 7.04. The van der Waals surface area contributed by atoms with Crippen molar-refractivity contribution in [3.63, 3.8) is 0 Å². The van der Waals surface area contributed by atoms with E-state index >= 15 is 0 Å². The molecule has 7 heteroatoms. The van der Waals surface area contributed by atoms with E-state index in [0.717, 1.165) is 24.8 Å². The van der Waals surface area contributed by atoms with Crippen molar-refractivity contribution in [3.05, 3.63) is 42.5 Å². The number of pyridine rings is 1. The molecule has 0 radical (unpaired) electrons. The van der Waals surface area contributed by atoms with E-state index in [1.807, 2.05) is 18.3 Å². The van der Waals surface area contributed by atoms with Crippen LogP contribution < -0.4 is 0 Å². The number of hydrogen-bond acceptors (Lipinski definition) is 4. The molecule has 1 aliphatic heterocycles. The second-order valence-corrected chi connectivity index (χ2v) is 7.31. The smallest absolute Gasteiger partial charge is 0.246 e. The molecule has 1 atom stereocenters. The minimum atomic E-state index is -3.42. The van der Waals surface area contributed by atoms with Crippen molar-refractivity contribution in [2.75, 3.05) is 13.1 Å². The van der Waals surface area contributed by atoms with Crippen molar-refractivity contribution in [3.8, 4) is 0 Å². The summed E-state index contributed by atoms with van der Waals surface area (Å²) in [5.41, 5.74) is 1.16. The van der Waals surface area contributed by atoms with Crippen LogP contribution in [0, 0.1) is 5.92 Å². The van der Waals surface area contributed by atoms with Gasteiger partial charge in [-0.3, -0.25) is 10.1 Å². The maximum absolute atomic E-state index is 12.5. The summed E-state index contributed by atoms with van der Waals surface area (Å²) in [6.45, 7) is 1.14. The van der Waals surface area contributed by atoms with E-state index < -0.39 is 10.0 Å². The Morgan fingerprint density at radius 2 is 2.29 bits per heavy atom. The number of aromatic nitrogens is 3. The van der Waals surface area contributed by atoms with Crippen molar-refractivity contribution in [1.29, 1.82) is 0 Å². The van der Waals surface area contributed by atoms with Crippen LogP contribution in [0.2, 0.25) is 0 Å². The summed E-state index contributed by atoms with van der Waals surface area (Å²) in [7, 11) is -3.42. The second-order valence-electron chi connectivity index (χ2n) is 5.37. The van der Waals surface area contributed by atoms with Gasteiger partial charge in [-0.15, -0.1) is 0 Å². The summed E-state index contributed by atoms with van der Waals surface area (Å²) in [4.78, 5) is 4.35. The Balaban J connectivity index is 1.71. The first-order chi connectivity index (χ1) is 10.2. The van der Waals surface area contributed by atoms with Crippen LogP contribution in [-0.2, 0) is 16.4 Å². The van der Waals surface area contributed by atoms with E-state index in [9.17, 15) is 8.42 Å². The molecule has 0 unspecified atom stereocenters. The third kappa shape index (κ3) is 3.14. The fraction of sp³-hybridized carbons (Fsp3) is 0.429. The largest absolute Gasteiger partial charge is 0.284 e. The van der Waals surface area contributed by atoms with Gasteiger partial charge < -0.3 is 0 Å². The van der Waals surface area contributed by atoms with Crippen molar-refractivity contribution < 1.29 is 8.42 Å². The van der Waals surface area contributed by atoms with Gasteiger partial charge in [0.25, 0.3) is 0 Å². The fourth-order valence-electron chi connectivity index (χ4n) is 2.79. The average Bonchev–Trinajstić information content (AvgIpc) is 3.04. The van der Waals surface area contributed by atoms with Crippen LogP contribution in [0.3, 0.4) is 0 Å². The normalized spacial score (nSPS) is 20.5. The third-order valence-electron chi connectivity index (χ3n) is 3.84. The molecular weight excluding hydrogens is 288 g/mol. The third-order valence-corrected chi connectivity index (χ3v) is 5.67. The molecule has 3 heterocycles. The number of nitrogens with one attached hydrogen (secondary N) is 1. The number of H-pyrrole nitrogens is 1. The lowest BCUT2D eigenvalue weighted by Gasteiger charge is -2.31. The zero-order chi connectivity index (χ0) is 14.7. The van der Waals surface area contributed by atoms with Crippen molar-refractivity contribution >= 4 is 10.0 Å². The Kier molecular flexibility index (Phi) is 4.03. The lowest BCUT2D eigenvalue weighted by molar-refractivity contribution is 0.265. The molecule has 3 rings (SSSR count). The second kappa shape index (κ2) is 5.95. The Bertz CT molecular complexity index is 670. The van der Waals surface area contributed by atoms with Gasteiger partial charge in [0.15, 0.2) is 0 Å².